The number of nitrogens with one attached hydrogen (secondary N) is 1. The molecule has 4 aromatic rings. The van der Waals surface area contributed by atoms with Crippen LogP contribution in [0.15, 0.2) is 67.1 Å². The number of hydrogen-bond acceptors (Lipinski definition) is 6. The Morgan fingerprint density at radius 1 is 1.07 bits per heavy atom. The first-order chi connectivity index (χ1) is 13.6. The number of pyridine rings is 1. The lowest BCUT2D eigenvalue weighted by molar-refractivity contribution is 0.103. The van der Waals surface area contributed by atoms with Gasteiger partial charge in [0, 0.05) is 46.5 Å². The molecule has 6 nitrogen and oxygen atoms in total. The highest BCUT2D eigenvalue weighted by molar-refractivity contribution is 6.10. The van der Waals surface area contributed by atoms with Gasteiger partial charge in [0.05, 0.1) is 18.8 Å². The number of anilines is 2. The first-order valence-corrected chi connectivity index (χ1v) is 8.77. The van der Waals surface area contributed by atoms with Gasteiger partial charge in [-0.2, -0.15) is 0 Å². The van der Waals surface area contributed by atoms with Crippen molar-refractivity contribution in [2.75, 3.05) is 12.4 Å². The van der Waals surface area contributed by atoms with Crippen molar-refractivity contribution in [2.24, 2.45) is 0 Å². The SMILES string of the molecule is COc1cccc(Nc2cc(C)nc3ccc(C(=O)c4cnccn4)cc23)c1. The number of ketones is 1. The number of carbonyl (C=O) groups is 1. The predicted molar refractivity (Wildman–Crippen MR) is 108 cm³/mol. The number of hydrogen-bond donors (Lipinski definition) is 1. The van der Waals surface area contributed by atoms with Crippen molar-refractivity contribution in [3.05, 3.63) is 84.1 Å². The summed E-state index contributed by atoms with van der Waals surface area (Å²) in [6.45, 7) is 1.94. The van der Waals surface area contributed by atoms with Crippen LogP contribution in [0, 0.1) is 6.92 Å². The van der Waals surface area contributed by atoms with Crippen molar-refractivity contribution in [3.8, 4) is 5.75 Å². The molecule has 0 bridgehead atoms. The standard InChI is InChI=1S/C22H18N4O2/c1-14-10-20(26-16-4-3-5-17(12-16)28-2)18-11-15(6-7-19(18)25-14)22(27)21-13-23-8-9-24-21/h3-13H,1-2H3,(H,25,26). The molecule has 0 amide bonds. The third kappa shape index (κ3) is 3.53. The van der Waals surface area contributed by atoms with Crippen molar-refractivity contribution >= 4 is 28.1 Å². The van der Waals surface area contributed by atoms with Gasteiger partial charge in [0.25, 0.3) is 0 Å². The fourth-order valence-corrected chi connectivity index (χ4v) is 3.02. The van der Waals surface area contributed by atoms with Crippen LogP contribution >= 0.6 is 0 Å². The first kappa shape index (κ1) is 17.6. The summed E-state index contributed by atoms with van der Waals surface area (Å²) < 4.78 is 5.29. The lowest BCUT2D eigenvalue weighted by Crippen LogP contribution is -2.05. The molecule has 0 fully saturated rings. The van der Waals surface area contributed by atoms with Crippen LogP contribution in [0.25, 0.3) is 10.9 Å². The Bertz CT molecular complexity index is 1160. The quantitative estimate of drug-likeness (QED) is 0.527. The average Bonchev–Trinajstić information content (AvgIpc) is 2.73. The molecular formula is C22H18N4O2. The van der Waals surface area contributed by atoms with Crippen LogP contribution in [0.3, 0.4) is 0 Å². The van der Waals surface area contributed by atoms with E-state index >= 15 is 0 Å². The molecule has 0 aliphatic rings. The minimum absolute atomic E-state index is 0.178. The van der Waals surface area contributed by atoms with Crippen molar-refractivity contribution in [3.63, 3.8) is 0 Å². The van der Waals surface area contributed by atoms with Gasteiger partial charge < -0.3 is 10.1 Å². The summed E-state index contributed by atoms with van der Waals surface area (Å²) >= 11 is 0. The molecule has 4 rings (SSSR count). The van der Waals surface area contributed by atoms with Crippen LogP contribution in [0.2, 0.25) is 0 Å². The van der Waals surface area contributed by atoms with E-state index in [4.69, 9.17) is 4.74 Å². The second-order valence-corrected chi connectivity index (χ2v) is 6.32. The van der Waals surface area contributed by atoms with E-state index in [-0.39, 0.29) is 5.78 Å². The monoisotopic (exact) mass is 370 g/mol. The Labute approximate surface area is 162 Å². The maximum absolute atomic E-state index is 12.8. The number of benzene rings is 2. The molecule has 0 radical (unpaired) electrons. The number of fused-ring (bicyclic) bond motifs is 1. The van der Waals surface area contributed by atoms with Crippen molar-refractivity contribution in [2.45, 2.75) is 6.92 Å². The van der Waals surface area contributed by atoms with Crippen LogP contribution in [0.4, 0.5) is 11.4 Å². The molecule has 0 unspecified atom stereocenters. The van der Waals surface area contributed by atoms with Gasteiger partial charge >= 0.3 is 0 Å². The Hall–Kier alpha value is -3.80. The Morgan fingerprint density at radius 2 is 1.96 bits per heavy atom. The van der Waals surface area contributed by atoms with E-state index in [0.717, 1.165) is 33.7 Å². The van der Waals surface area contributed by atoms with Gasteiger partial charge in [-0.1, -0.05) is 6.07 Å². The minimum Gasteiger partial charge on any atom is -0.497 e. The molecule has 6 heteroatoms. The fourth-order valence-electron chi connectivity index (χ4n) is 3.02. The number of aryl methyl sites for hydroxylation is 1. The molecule has 28 heavy (non-hydrogen) atoms. The lowest BCUT2D eigenvalue weighted by atomic mass is 10.0. The molecule has 0 saturated heterocycles. The molecule has 0 atom stereocenters. The zero-order chi connectivity index (χ0) is 19.5. The number of nitrogens with zero attached hydrogens (tertiary/aromatic N) is 3. The van der Waals surface area contributed by atoms with E-state index in [0.29, 0.717) is 11.3 Å². The van der Waals surface area contributed by atoms with Crippen LogP contribution in [0.1, 0.15) is 21.7 Å². The normalized spacial score (nSPS) is 10.6. The number of aromatic nitrogens is 3. The molecule has 0 spiro atoms. The largest absolute Gasteiger partial charge is 0.497 e. The van der Waals surface area contributed by atoms with E-state index in [9.17, 15) is 4.79 Å². The summed E-state index contributed by atoms with van der Waals surface area (Å²) in [5.74, 6) is 0.585. The second kappa shape index (κ2) is 7.44. The number of ether oxygens (including phenoxy) is 1. The van der Waals surface area contributed by atoms with Crippen molar-refractivity contribution < 1.29 is 9.53 Å². The maximum Gasteiger partial charge on any atom is 0.212 e. The highest BCUT2D eigenvalue weighted by Crippen LogP contribution is 2.29. The third-order valence-electron chi connectivity index (χ3n) is 4.34. The Kier molecular flexibility index (Phi) is 4.68. The summed E-state index contributed by atoms with van der Waals surface area (Å²) in [6.07, 6.45) is 4.52. The zero-order valence-electron chi connectivity index (χ0n) is 15.5. The predicted octanol–water partition coefficient (Wildman–Crippen LogP) is 4.32. The van der Waals surface area contributed by atoms with Gasteiger partial charge in [-0.3, -0.25) is 14.8 Å². The highest BCUT2D eigenvalue weighted by atomic mass is 16.5. The topological polar surface area (TPSA) is 77.0 Å². The van der Waals surface area contributed by atoms with E-state index in [1.165, 1.54) is 12.4 Å². The smallest absolute Gasteiger partial charge is 0.212 e. The second-order valence-electron chi connectivity index (χ2n) is 6.32. The third-order valence-corrected chi connectivity index (χ3v) is 4.34. The minimum atomic E-state index is -0.178. The average molecular weight is 370 g/mol. The van der Waals surface area contributed by atoms with Gasteiger partial charge in [-0.25, -0.2) is 4.98 Å². The molecule has 2 aromatic heterocycles. The van der Waals surface area contributed by atoms with Gasteiger partial charge in [0.15, 0.2) is 0 Å². The number of rotatable bonds is 5. The first-order valence-electron chi connectivity index (χ1n) is 8.77. The van der Waals surface area contributed by atoms with E-state index in [1.54, 1.807) is 19.4 Å². The number of carbonyl (C=O) groups excluding carboxylic acids is 1. The summed E-state index contributed by atoms with van der Waals surface area (Å²) in [5, 5.41) is 4.26. The van der Waals surface area contributed by atoms with Crippen LogP contribution in [-0.4, -0.2) is 27.8 Å². The maximum atomic E-state index is 12.8. The molecular weight excluding hydrogens is 352 g/mol. The Balaban J connectivity index is 1.78. The number of methoxy groups -OCH3 is 1. The van der Waals surface area contributed by atoms with Gasteiger partial charge in [0.1, 0.15) is 11.4 Å². The lowest BCUT2D eigenvalue weighted by Gasteiger charge is -2.12. The molecule has 138 valence electrons. The highest BCUT2D eigenvalue weighted by Gasteiger charge is 2.13. The van der Waals surface area contributed by atoms with Crippen LogP contribution in [0.5, 0.6) is 5.75 Å². The van der Waals surface area contributed by atoms with E-state index in [1.807, 2.05) is 49.4 Å². The fraction of sp³-hybridized carbons (Fsp3) is 0.0909. The van der Waals surface area contributed by atoms with Crippen molar-refractivity contribution in [1.82, 2.24) is 15.0 Å². The van der Waals surface area contributed by atoms with Gasteiger partial charge in [-0.15, -0.1) is 0 Å². The summed E-state index contributed by atoms with van der Waals surface area (Å²) in [7, 11) is 1.63. The Morgan fingerprint density at radius 3 is 2.75 bits per heavy atom. The molecule has 1 N–H and O–H groups in total. The van der Waals surface area contributed by atoms with E-state index < -0.39 is 0 Å². The summed E-state index contributed by atoms with van der Waals surface area (Å²) in [6, 6.07) is 15.1. The molecule has 0 saturated carbocycles. The zero-order valence-corrected chi connectivity index (χ0v) is 15.5. The van der Waals surface area contributed by atoms with Gasteiger partial charge in [-0.05, 0) is 43.3 Å². The summed E-state index contributed by atoms with van der Waals surface area (Å²) in [4.78, 5) is 25.4. The van der Waals surface area contributed by atoms with Gasteiger partial charge in [0.2, 0.25) is 5.78 Å². The van der Waals surface area contributed by atoms with Crippen LogP contribution in [-0.2, 0) is 0 Å². The molecule has 0 aliphatic carbocycles. The molecule has 2 aromatic carbocycles. The molecule has 2 heterocycles. The summed E-state index contributed by atoms with van der Waals surface area (Å²) in [5.41, 5.74) is 4.28. The van der Waals surface area contributed by atoms with E-state index in [2.05, 4.69) is 20.3 Å². The molecule has 0 aliphatic heterocycles. The van der Waals surface area contributed by atoms with Crippen LogP contribution < -0.4 is 10.1 Å². The van der Waals surface area contributed by atoms with Crippen molar-refractivity contribution in [1.29, 1.82) is 0 Å².